The molecule has 4 aliphatic rings. The quantitative estimate of drug-likeness (QED) is 0.178. The molecule has 0 fully saturated rings. The van der Waals surface area contributed by atoms with E-state index >= 15 is 0 Å². The molecule has 2 spiro atoms. The summed E-state index contributed by atoms with van der Waals surface area (Å²) in [6, 6.07) is 83.8. The van der Waals surface area contributed by atoms with Crippen LogP contribution in [0, 0.1) is 11.3 Å². The number of hydrogen-bond acceptors (Lipinski definition) is 4. The lowest BCUT2D eigenvalue weighted by atomic mass is 9.64. The number of nitrogens with zero attached hydrogens (tertiary/aromatic N) is 4. The highest BCUT2D eigenvalue weighted by Crippen LogP contribution is 2.65. The molecule has 10 aromatic rings. The lowest BCUT2D eigenvalue weighted by Crippen LogP contribution is -2.36. The number of aromatic nitrogens is 1. The summed E-state index contributed by atoms with van der Waals surface area (Å²) in [6.45, 7) is 0. The molecule has 0 saturated carbocycles. The van der Waals surface area contributed by atoms with E-state index in [1.54, 1.807) is 0 Å². The van der Waals surface area contributed by atoms with Crippen LogP contribution >= 0.6 is 0 Å². The molecular weight excluding hydrogens is 801 g/mol. The second-order valence-electron chi connectivity index (χ2n) is 17.7. The summed E-state index contributed by atoms with van der Waals surface area (Å²) >= 11 is 0. The Hall–Kier alpha value is -8.78. The van der Waals surface area contributed by atoms with Gasteiger partial charge in [-0.25, -0.2) is 4.98 Å². The van der Waals surface area contributed by atoms with Crippen LogP contribution in [0.3, 0.4) is 0 Å². The number of fused-ring (bicyclic) bond motifs is 18. The van der Waals surface area contributed by atoms with Gasteiger partial charge in [0.05, 0.1) is 45.2 Å². The minimum absolute atomic E-state index is 0.485. The molecule has 2 aliphatic carbocycles. The second-order valence-corrected chi connectivity index (χ2v) is 17.7. The van der Waals surface area contributed by atoms with Crippen LogP contribution in [-0.2, 0) is 10.8 Å². The first-order chi connectivity index (χ1) is 32.7. The van der Waals surface area contributed by atoms with Gasteiger partial charge in [-0.15, -0.1) is 0 Å². The Morgan fingerprint density at radius 2 is 0.712 bits per heavy atom. The molecule has 4 nitrogen and oxygen atoms in total. The summed E-state index contributed by atoms with van der Waals surface area (Å²) in [5.41, 5.74) is 21.9. The van der Waals surface area contributed by atoms with Crippen molar-refractivity contribution in [2.24, 2.45) is 0 Å². The van der Waals surface area contributed by atoms with Gasteiger partial charge >= 0.3 is 0 Å². The van der Waals surface area contributed by atoms with Gasteiger partial charge in [0.2, 0.25) is 0 Å². The number of pyridine rings is 1. The van der Waals surface area contributed by atoms with E-state index in [-0.39, 0.29) is 0 Å². The number of hydrogen-bond donors (Lipinski definition) is 0. The van der Waals surface area contributed by atoms with Crippen molar-refractivity contribution in [3.8, 4) is 39.4 Å². The Morgan fingerprint density at radius 1 is 0.348 bits per heavy atom. The van der Waals surface area contributed by atoms with Crippen LogP contribution in [0.4, 0.5) is 34.3 Å². The summed E-state index contributed by atoms with van der Waals surface area (Å²) in [5.74, 6) is 0.825. The summed E-state index contributed by atoms with van der Waals surface area (Å²) in [5, 5.41) is 10.6. The normalized spacial score (nSPS) is 14.5. The van der Waals surface area contributed by atoms with Crippen molar-refractivity contribution in [3.05, 3.63) is 281 Å². The zero-order valence-electron chi connectivity index (χ0n) is 35.7. The molecule has 1 aromatic heterocycles. The van der Waals surface area contributed by atoms with Crippen molar-refractivity contribution in [1.82, 2.24) is 4.98 Å². The van der Waals surface area contributed by atoms with Crippen molar-refractivity contribution < 1.29 is 0 Å². The number of para-hydroxylation sites is 4. The van der Waals surface area contributed by atoms with E-state index in [0.29, 0.717) is 5.56 Å². The zero-order chi connectivity index (χ0) is 43.6. The topological polar surface area (TPSA) is 43.2 Å². The maximum Gasteiger partial charge on any atom is 0.137 e. The molecule has 0 radical (unpaired) electrons. The smallest absolute Gasteiger partial charge is 0.137 e. The van der Waals surface area contributed by atoms with Crippen LogP contribution in [0.5, 0.6) is 0 Å². The van der Waals surface area contributed by atoms with Gasteiger partial charge in [0.1, 0.15) is 5.82 Å². The Morgan fingerprint density at radius 3 is 1.09 bits per heavy atom. The van der Waals surface area contributed by atoms with E-state index in [2.05, 4.69) is 228 Å². The number of benzene rings is 9. The number of nitriles is 1. The van der Waals surface area contributed by atoms with Crippen molar-refractivity contribution in [3.63, 3.8) is 0 Å². The molecule has 14 rings (SSSR count). The van der Waals surface area contributed by atoms with Gasteiger partial charge in [0.15, 0.2) is 0 Å². The lowest BCUT2D eigenvalue weighted by molar-refractivity contribution is 0.751. The predicted octanol–water partition coefficient (Wildman–Crippen LogP) is 14.9. The molecule has 306 valence electrons. The summed E-state index contributed by atoms with van der Waals surface area (Å²) < 4.78 is 0. The monoisotopic (exact) mass is 838 g/mol. The highest BCUT2D eigenvalue weighted by Gasteiger charge is 2.53. The van der Waals surface area contributed by atoms with E-state index in [4.69, 9.17) is 4.98 Å². The Balaban J connectivity index is 0.907. The lowest BCUT2D eigenvalue weighted by Gasteiger charge is -2.45. The zero-order valence-corrected chi connectivity index (χ0v) is 35.7. The molecular formula is C62H38N4. The van der Waals surface area contributed by atoms with Gasteiger partial charge in [0.25, 0.3) is 0 Å². The van der Waals surface area contributed by atoms with Crippen LogP contribution in [0.15, 0.2) is 231 Å². The van der Waals surface area contributed by atoms with Gasteiger partial charge in [-0.3, -0.25) is 4.90 Å². The minimum atomic E-state index is -0.512. The average molecular weight is 839 g/mol. The van der Waals surface area contributed by atoms with Crippen LogP contribution in [0.25, 0.3) is 33.4 Å². The van der Waals surface area contributed by atoms with E-state index in [1.807, 2.05) is 18.3 Å². The van der Waals surface area contributed by atoms with Crippen molar-refractivity contribution in [2.45, 2.75) is 10.8 Å². The molecule has 0 amide bonds. The van der Waals surface area contributed by atoms with Crippen LogP contribution in [0.1, 0.15) is 50.1 Å². The Labute approximate surface area is 383 Å². The largest absolute Gasteiger partial charge is 0.310 e. The fraction of sp³-hybridized carbons (Fsp3) is 0.0323. The van der Waals surface area contributed by atoms with Gasteiger partial charge in [-0.1, -0.05) is 170 Å². The number of rotatable bonds is 3. The third kappa shape index (κ3) is 4.63. The first-order valence-corrected chi connectivity index (χ1v) is 22.6. The van der Waals surface area contributed by atoms with E-state index in [0.717, 1.165) is 45.4 Å². The molecule has 9 aromatic carbocycles. The van der Waals surface area contributed by atoms with Crippen molar-refractivity contribution in [1.29, 1.82) is 5.26 Å². The van der Waals surface area contributed by atoms with Crippen molar-refractivity contribution >= 4 is 34.3 Å². The number of anilines is 6. The van der Waals surface area contributed by atoms with Crippen molar-refractivity contribution in [2.75, 3.05) is 9.80 Å². The fourth-order valence-corrected chi connectivity index (χ4v) is 12.3. The van der Waals surface area contributed by atoms with Gasteiger partial charge < -0.3 is 4.90 Å². The Bertz CT molecular complexity index is 3520. The molecule has 4 heteroatoms. The summed E-state index contributed by atoms with van der Waals surface area (Å²) in [7, 11) is 0. The molecule has 2 aliphatic heterocycles. The molecule has 0 atom stereocenters. The Kier molecular flexibility index (Phi) is 7.56. The molecule has 0 bridgehead atoms. The van der Waals surface area contributed by atoms with Crippen LogP contribution in [-0.4, -0.2) is 4.98 Å². The minimum Gasteiger partial charge on any atom is -0.310 e. The third-order valence-electron chi connectivity index (χ3n) is 14.7. The van der Waals surface area contributed by atoms with Crippen LogP contribution < -0.4 is 9.80 Å². The van der Waals surface area contributed by atoms with Gasteiger partial charge in [0, 0.05) is 17.4 Å². The molecule has 0 unspecified atom stereocenters. The van der Waals surface area contributed by atoms with E-state index < -0.39 is 10.8 Å². The molecule has 0 N–H and O–H groups in total. The third-order valence-corrected chi connectivity index (χ3v) is 14.7. The first-order valence-electron chi connectivity index (χ1n) is 22.6. The highest BCUT2D eigenvalue weighted by atomic mass is 15.2. The maximum atomic E-state index is 10.6. The maximum absolute atomic E-state index is 10.6. The van der Waals surface area contributed by atoms with E-state index in [1.165, 1.54) is 66.8 Å². The standard InChI is InChI=1S/C62H38N4/c63-38-40-35-42(37-43(36-40)65-56-29-13-9-25-52(56)61(53-26-10-14-30-57(53)65)48-21-5-1-17-44(48)45-18-2-6-22-49(45)61)41-33-34-60(64-39-41)66-58-31-15-11-27-54(58)62(55-28-12-16-32-59(55)66)50-23-7-3-19-46(50)47-20-4-8-24-51(47)62/h1-37,39H. The second kappa shape index (κ2) is 13.6. The predicted molar refractivity (Wildman–Crippen MR) is 265 cm³/mol. The van der Waals surface area contributed by atoms with Gasteiger partial charge in [-0.2, -0.15) is 5.26 Å². The molecule has 0 saturated heterocycles. The molecule has 3 heterocycles. The molecule has 66 heavy (non-hydrogen) atoms. The van der Waals surface area contributed by atoms with E-state index in [9.17, 15) is 5.26 Å². The van der Waals surface area contributed by atoms with Crippen LogP contribution in [0.2, 0.25) is 0 Å². The summed E-state index contributed by atoms with van der Waals surface area (Å²) in [4.78, 5) is 9.94. The average Bonchev–Trinajstić information content (AvgIpc) is 3.85. The first kappa shape index (κ1) is 36.7. The van der Waals surface area contributed by atoms with Gasteiger partial charge in [-0.05, 0) is 127 Å². The highest BCUT2D eigenvalue weighted by molar-refractivity contribution is 5.98. The fourth-order valence-electron chi connectivity index (χ4n) is 12.3. The summed E-state index contributed by atoms with van der Waals surface area (Å²) in [6.07, 6.45) is 1.96. The SMILES string of the molecule is N#Cc1cc(-c2ccc(N3c4ccccc4C4(c5ccccc5-c5ccccc54)c4ccccc43)nc2)cc(N2c3ccccc3C3(c4ccccc4-c4ccccc43)c3ccccc32)c1.